The van der Waals surface area contributed by atoms with Gasteiger partial charge in [-0.25, -0.2) is 4.79 Å². The van der Waals surface area contributed by atoms with Crippen LogP contribution in [0.25, 0.3) is 0 Å². The molecule has 98 valence electrons. The highest BCUT2D eigenvalue weighted by Gasteiger charge is 2.42. The third-order valence-electron chi connectivity index (χ3n) is 3.73. The molecule has 0 aromatic heterocycles. The Kier molecular flexibility index (Phi) is 3.68. The summed E-state index contributed by atoms with van der Waals surface area (Å²) in [5, 5.41) is 9.68. The van der Waals surface area contributed by atoms with Crippen LogP contribution in [-0.4, -0.2) is 42.3 Å². The molecule has 0 bridgehead atoms. The molecule has 2 rings (SSSR count). The Morgan fingerprint density at radius 2 is 1.94 bits per heavy atom. The smallest absolute Gasteiger partial charge is 0.328 e. The quantitative estimate of drug-likeness (QED) is 0.884. The van der Waals surface area contributed by atoms with Crippen molar-refractivity contribution in [2.75, 3.05) is 26.3 Å². The highest BCUT2D eigenvalue weighted by molar-refractivity contribution is 5.80. The van der Waals surface area contributed by atoms with Crippen molar-refractivity contribution < 1.29 is 14.6 Å². The van der Waals surface area contributed by atoms with E-state index in [9.17, 15) is 9.90 Å². The molecule has 0 amide bonds. The summed E-state index contributed by atoms with van der Waals surface area (Å²) in [5.41, 5.74) is 0.892. The van der Waals surface area contributed by atoms with Crippen molar-refractivity contribution in [2.45, 2.75) is 19.4 Å². The zero-order valence-electron chi connectivity index (χ0n) is 10.8. The van der Waals surface area contributed by atoms with Crippen molar-refractivity contribution in [1.29, 1.82) is 0 Å². The van der Waals surface area contributed by atoms with E-state index in [-0.39, 0.29) is 0 Å². The topological polar surface area (TPSA) is 49.8 Å². The number of carbonyl (C=O) groups is 1. The monoisotopic (exact) mass is 249 g/mol. The number of rotatable bonds is 3. The molecule has 1 unspecified atom stereocenters. The molecule has 0 radical (unpaired) electrons. The maximum Gasteiger partial charge on any atom is 0.328 e. The number of aliphatic carboxylic acids is 1. The number of ether oxygens (including phenoxy) is 1. The third-order valence-corrected chi connectivity index (χ3v) is 3.73. The van der Waals surface area contributed by atoms with E-state index in [4.69, 9.17) is 4.74 Å². The van der Waals surface area contributed by atoms with Crippen LogP contribution in [-0.2, 0) is 15.1 Å². The first-order valence-electron chi connectivity index (χ1n) is 6.19. The van der Waals surface area contributed by atoms with Gasteiger partial charge in [0.05, 0.1) is 13.2 Å². The van der Waals surface area contributed by atoms with Crippen LogP contribution in [0.5, 0.6) is 0 Å². The number of hydrogen-bond donors (Lipinski definition) is 1. The Hall–Kier alpha value is -1.39. The Morgan fingerprint density at radius 3 is 2.50 bits per heavy atom. The van der Waals surface area contributed by atoms with E-state index in [0.29, 0.717) is 26.3 Å². The Balaban J connectivity index is 2.43. The lowest BCUT2D eigenvalue weighted by molar-refractivity contribution is -0.154. The van der Waals surface area contributed by atoms with Crippen LogP contribution >= 0.6 is 0 Å². The molecule has 1 aromatic carbocycles. The summed E-state index contributed by atoms with van der Waals surface area (Å²) >= 11 is 0. The van der Waals surface area contributed by atoms with E-state index in [1.165, 1.54) is 0 Å². The molecule has 1 aliphatic heterocycles. The summed E-state index contributed by atoms with van der Waals surface area (Å²) in [6, 6.07) is 7.68. The third kappa shape index (κ3) is 2.13. The van der Waals surface area contributed by atoms with Gasteiger partial charge in [0, 0.05) is 13.1 Å². The maximum atomic E-state index is 11.8. The van der Waals surface area contributed by atoms with Crippen molar-refractivity contribution in [3.8, 4) is 0 Å². The van der Waals surface area contributed by atoms with Gasteiger partial charge in [-0.15, -0.1) is 0 Å². The van der Waals surface area contributed by atoms with Gasteiger partial charge in [-0.05, 0) is 25.0 Å². The molecule has 18 heavy (non-hydrogen) atoms. The second-order valence-electron chi connectivity index (χ2n) is 4.79. The molecule has 1 aliphatic rings. The Bertz CT molecular complexity index is 440. The largest absolute Gasteiger partial charge is 0.480 e. The summed E-state index contributed by atoms with van der Waals surface area (Å²) in [4.78, 5) is 13.8. The standard InChI is InChI=1S/C14H19NO3/c1-11-5-3-4-6-12(11)14(2,13(16)17)15-7-9-18-10-8-15/h3-6H,7-10H2,1-2H3,(H,16,17). The maximum absolute atomic E-state index is 11.8. The highest BCUT2D eigenvalue weighted by Crippen LogP contribution is 2.31. The Morgan fingerprint density at radius 1 is 1.33 bits per heavy atom. The fourth-order valence-corrected chi connectivity index (χ4v) is 2.55. The van der Waals surface area contributed by atoms with Crippen LogP contribution < -0.4 is 0 Å². The molecule has 4 nitrogen and oxygen atoms in total. The zero-order chi connectivity index (χ0) is 13.2. The molecule has 1 atom stereocenters. The second kappa shape index (κ2) is 5.08. The van der Waals surface area contributed by atoms with E-state index in [2.05, 4.69) is 0 Å². The number of carboxylic acid groups (broad SMARTS) is 1. The fraction of sp³-hybridized carbons (Fsp3) is 0.500. The van der Waals surface area contributed by atoms with Crippen LogP contribution in [0.2, 0.25) is 0 Å². The van der Waals surface area contributed by atoms with E-state index in [0.717, 1.165) is 11.1 Å². The van der Waals surface area contributed by atoms with Crippen molar-refractivity contribution in [1.82, 2.24) is 4.90 Å². The lowest BCUT2D eigenvalue weighted by Gasteiger charge is -2.41. The molecule has 1 heterocycles. The fourth-order valence-electron chi connectivity index (χ4n) is 2.55. The Labute approximate surface area is 107 Å². The van der Waals surface area contributed by atoms with Gasteiger partial charge < -0.3 is 9.84 Å². The van der Waals surface area contributed by atoms with Gasteiger partial charge in [0.15, 0.2) is 0 Å². The number of nitrogens with zero attached hydrogens (tertiary/aromatic N) is 1. The average molecular weight is 249 g/mol. The van der Waals surface area contributed by atoms with Crippen LogP contribution in [0, 0.1) is 6.92 Å². The SMILES string of the molecule is Cc1ccccc1C(C)(C(=O)O)N1CCOCC1. The first-order chi connectivity index (χ1) is 8.56. The lowest BCUT2D eigenvalue weighted by atomic mass is 9.86. The predicted molar refractivity (Wildman–Crippen MR) is 68.6 cm³/mol. The molecule has 1 aromatic rings. The van der Waals surface area contributed by atoms with Crippen LogP contribution in [0.3, 0.4) is 0 Å². The van der Waals surface area contributed by atoms with Crippen molar-refractivity contribution in [2.24, 2.45) is 0 Å². The zero-order valence-corrected chi connectivity index (χ0v) is 10.8. The van der Waals surface area contributed by atoms with Gasteiger partial charge in [0.2, 0.25) is 0 Å². The molecule has 1 N–H and O–H groups in total. The van der Waals surface area contributed by atoms with Gasteiger partial charge >= 0.3 is 5.97 Å². The van der Waals surface area contributed by atoms with Gasteiger partial charge in [-0.1, -0.05) is 24.3 Å². The summed E-state index contributed by atoms with van der Waals surface area (Å²) in [7, 11) is 0. The van der Waals surface area contributed by atoms with Crippen LogP contribution in [0.1, 0.15) is 18.1 Å². The summed E-state index contributed by atoms with van der Waals surface area (Å²) < 4.78 is 5.31. The molecule has 1 fully saturated rings. The van der Waals surface area contributed by atoms with Gasteiger partial charge in [0.25, 0.3) is 0 Å². The van der Waals surface area contributed by atoms with E-state index >= 15 is 0 Å². The number of carboxylic acids is 1. The van der Waals surface area contributed by atoms with Crippen LogP contribution in [0.4, 0.5) is 0 Å². The minimum Gasteiger partial charge on any atom is -0.480 e. The first-order valence-corrected chi connectivity index (χ1v) is 6.19. The minimum absolute atomic E-state index is 0.592. The molecular formula is C14H19NO3. The predicted octanol–water partition coefficient (Wildman–Crippen LogP) is 1.63. The van der Waals surface area contributed by atoms with Crippen molar-refractivity contribution >= 4 is 5.97 Å². The number of benzene rings is 1. The number of aryl methyl sites for hydroxylation is 1. The normalized spacial score (nSPS) is 20.3. The van der Waals surface area contributed by atoms with E-state index in [1.807, 2.05) is 36.1 Å². The number of morpholine rings is 1. The highest BCUT2D eigenvalue weighted by atomic mass is 16.5. The van der Waals surface area contributed by atoms with Gasteiger partial charge in [-0.3, -0.25) is 4.90 Å². The second-order valence-corrected chi connectivity index (χ2v) is 4.79. The number of hydrogen-bond acceptors (Lipinski definition) is 3. The van der Waals surface area contributed by atoms with Crippen molar-refractivity contribution in [3.05, 3.63) is 35.4 Å². The summed E-state index contributed by atoms with van der Waals surface area (Å²) in [5.74, 6) is -0.807. The first kappa shape index (κ1) is 13.1. The molecule has 0 spiro atoms. The van der Waals surface area contributed by atoms with Gasteiger partial charge in [-0.2, -0.15) is 0 Å². The van der Waals surface area contributed by atoms with Crippen LogP contribution in [0.15, 0.2) is 24.3 Å². The average Bonchev–Trinajstić information content (AvgIpc) is 2.39. The van der Waals surface area contributed by atoms with E-state index < -0.39 is 11.5 Å². The molecule has 1 saturated heterocycles. The summed E-state index contributed by atoms with van der Waals surface area (Å²) in [6.45, 7) is 6.22. The van der Waals surface area contributed by atoms with Crippen molar-refractivity contribution in [3.63, 3.8) is 0 Å². The summed E-state index contributed by atoms with van der Waals surface area (Å²) in [6.07, 6.45) is 0. The molecule has 0 aliphatic carbocycles. The minimum atomic E-state index is -0.977. The molecule has 0 saturated carbocycles. The van der Waals surface area contributed by atoms with E-state index in [1.54, 1.807) is 6.92 Å². The molecular weight excluding hydrogens is 230 g/mol. The molecule has 4 heteroatoms. The van der Waals surface area contributed by atoms with Gasteiger partial charge in [0.1, 0.15) is 5.54 Å². The lowest BCUT2D eigenvalue weighted by Crippen LogP contribution is -2.54.